The Morgan fingerprint density at radius 3 is 2.55 bits per heavy atom. The third-order valence-electron chi connectivity index (χ3n) is 2.91. The van der Waals surface area contributed by atoms with E-state index in [-0.39, 0.29) is 0 Å². The summed E-state index contributed by atoms with van der Waals surface area (Å²) < 4.78 is 0. The van der Waals surface area contributed by atoms with Gasteiger partial charge in [-0.1, -0.05) is 26.7 Å². The van der Waals surface area contributed by atoms with Crippen molar-refractivity contribution in [3.05, 3.63) is 0 Å². The Morgan fingerprint density at radius 1 is 1.36 bits per heavy atom. The van der Waals surface area contributed by atoms with Gasteiger partial charge in [-0.25, -0.2) is 0 Å². The average molecular weight is 155 g/mol. The molecule has 0 spiro atoms. The highest BCUT2D eigenvalue weighted by molar-refractivity contribution is 4.83. The molecule has 3 unspecified atom stereocenters. The molecule has 2 N–H and O–H groups in total. The topological polar surface area (TPSA) is 26.0 Å². The van der Waals surface area contributed by atoms with Gasteiger partial charge in [0, 0.05) is 6.04 Å². The number of rotatable bonds is 3. The fourth-order valence-electron chi connectivity index (χ4n) is 2.24. The third kappa shape index (κ3) is 2.48. The zero-order valence-electron chi connectivity index (χ0n) is 7.84. The standard InChI is InChI=1S/C10H21N/c1-3-4-5-9-6-8(2)7-10(9)11/h8-10H,3-7,11H2,1-2H3. The molecule has 0 amide bonds. The fourth-order valence-corrected chi connectivity index (χ4v) is 2.24. The van der Waals surface area contributed by atoms with Crippen molar-refractivity contribution in [2.24, 2.45) is 17.6 Å². The first-order chi connectivity index (χ1) is 5.24. The van der Waals surface area contributed by atoms with E-state index in [4.69, 9.17) is 5.73 Å². The highest BCUT2D eigenvalue weighted by Crippen LogP contribution is 2.32. The number of hydrogen-bond acceptors (Lipinski definition) is 1. The van der Waals surface area contributed by atoms with Crippen LogP contribution < -0.4 is 5.73 Å². The van der Waals surface area contributed by atoms with E-state index in [1.54, 1.807) is 0 Å². The molecule has 0 aromatic carbocycles. The van der Waals surface area contributed by atoms with E-state index >= 15 is 0 Å². The third-order valence-corrected chi connectivity index (χ3v) is 2.91. The van der Waals surface area contributed by atoms with Crippen LogP contribution in [0.15, 0.2) is 0 Å². The summed E-state index contributed by atoms with van der Waals surface area (Å²) in [5, 5.41) is 0. The van der Waals surface area contributed by atoms with Crippen LogP contribution in [0.2, 0.25) is 0 Å². The second-order valence-corrected chi connectivity index (χ2v) is 4.14. The van der Waals surface area contributed by atoms with Gasteiger partial charge in [0.1, 0.15) is 0 Å². The molecule has 0 radical (unpaired) electrons. The van der Waals surface area contributed by atoms with Crippen molar-refractivity contribution in [2.75, 3.05) is 0 Å². The van der Waals surface area contributed by atoms with Gasteiger partial charge >= 0.3 is 0 Å². The van der Waals surface area contributed by atoms with Crippen LogP contribution in [0.4, 0.5) is 0 Å². The van der Waals surface area contributed by atoms with Crippen molar-refractivity contribution in [1.29, 1.82) is 0 Å². The van der Waals surface area contributed by atoms with Crippen molar-refractivity contribution in [3.8, 4) is 0 Å². The molecule has 1 fully saturated rings. The lowest BCUT2D eigenvalue weighted by atomic mass is 9.97. The minimum atomic E-state index is 0.511. The first kappa shape index (κ1) is 9.05. The minimum Gasteiger partial charge on any atom is -0.327 e. The molecular formula is C10H21N. The van der Waals surface area contributed by atoms with Gasteiger partial charge in [-0.3, -0.25) is 0 Å². The normalized spacial score (nSPS) is 37.9. The quantitative estimate of drug-likeness (QED) is 0.666. The molecule has 0 aliphatic heterocycles. The van der Waals surface area contributed by atoms with Crippen LogP contribution in [0.25, 0.3) is 0 Å². The maximum atomic E-state index is 6.01. The first-order valence-corrected chi connectivity index (χ1v) is 4.99. The Bertz CT molecular complexity index is 111. The first-order valence-electron chi connectivity index (χ1n) is 4.99. The molecule has 1 aliphatic carbocycles. The summed E-state index contributed by atoms with van der Waals surface area (Å²) in [6, 6.07) is 0.511. The van der Waals surface area contributed by atoms with Gasteiger partial charge in [-0.15, -0.1) is 0 Å². The molecule has 0 saturated heterocycles. The highest BCUT2D eigenvalue weighted by Gasteiger charge is 2.28. The molecule has 1 saturated carbocycles. The summed E-state index contributed by atoms with van der Waals surface area (Å²) in [6.07, 6.45) is 6.68. The van der Waals surface area contributed by atoms with Gasteiger partial charge in [-0.05, 0) is 31.1 Å². The summed E-state index contributed by atoms with van der Waals surface area (Å²) in [5.41, 5.74) is 6.01. The minimum absolute atomic E-state index is 0.511. The molecule has 11 heavy (non-hydrogen) atoms. The van der Waals surface area contributed by atoms with Crippen LogP contribution in [0.5, 0.6) is 0 Å². The zero-order chi connectivity index (χ0) is 8.27. The lowest BCUT2D eigenvalue weighted by Gasteiger charge is -2.13. The Kier molecular flexibility index (Phi) is 3.38. The average Bonchev–Trinajstić information content (AvgIpc) is 2.26. The monoisotopic (exact) mass is 155 g/mol. The van der Waals surface area contributed by atoms with E-state index < -0.39 is 0 Å². The molecule has 0 bridgehead atoms. The summed E-state index contributed by atoms with van der Waals surface area (Å²) >= 11 is 0. The van der Waals surface area contributed by atoms with E-state index in [0.717, 1.165) is 11.8 Å². The Hall–Kier alpha value is -0.0400. The van der Waals surface area contributed by atoms with Crippen LogP contribution in [-0.2, 0) is 0 Å². The van der Waals surface area contributed by atoms with E-state index in [0.29, 0.717) is 6.04 Å². The van der Waals surface area contributed by atoms with Gasteiger partial charge in [0.2, 0.25) is 0 Å². The van der Waals surface area contributed by atoms with Crippen molar-refractivity contribution < 1.29 is 0 Å². The molecule has 66 valence electrons. The predicted octanol–water partition coefficient (Wildman–Crippen LogP) is 2.55. The van der Waals surface area contributed by atoms with Crippen LogP contribution in [0.3, 0.4) is 0 Å². The van der Waals surface area contributed by atoms with E-state index in [9.17, 15) is 0 Å². The highest BCUT2D eigenvalue weighted by atomic mass is 14.7. The van der Waals surface area contributed by atoms with Crippen molar-refractivity contribution >= 4 is 0 Å². The lowest BCUT2D eigenvalue weighted by Crippen LogP contribution is -2.24. The van der Waals surface area contributed by atoms with Gasteiger partial charge in [0.05, 0.1) is 0 Å². The van der Waals surface area contributed by atoms with Crippen LogP contribution in [0.1, 0.15) is 46.0 Å². The lowest BCUT2D eigenvalue weighted by molar-refractivity contribution is 0.425. The molecular weight excluding hydrogens is 134 g/mol. The smallest absolute Gasteiger partial charge is 0.00698 e. The van der Waals surface area contributed by atoms with E-state index in [1.807, 2.05) is 0 Å². The summed E-state index contributed by atoms with van der Waals surface area (Å²) in [7, 11) is 0. The summed E-state index contributed by atoms with van der Waals surface area (Å²) in [5.74, 6) is 1.72. The van der Waals surface area contributed by atoms with E-state index in [2.05, 4.69) is 13.8 Å². The molecule has 0 heterocycles. The summed E-state index contributed by atoms with van der Waals surface area (Å²) in [4.78, 5) is 0. The van der Waals surface area contributed by atoms with Gasteiger partial charge in [0.15, 0.2) is 0 Å². The molecule has 1 aliphatic rings. The van der Waals surface area contributed by atoms with Crippen molar-refractivity contribution in [1.82, 2.24) is 0 Å². The summed E-state index contributed by atoms with van der Waals surface area (Å²) in [6.45, 7) is 4.58. The number of unbranched alkanes of at least 4 members (excludes halogenated alkanes) is 1. The Morgan fingerprint density at radius 2 is 2.09 bits per heavy atom. The van der Waals surface area contributed by atoms with Crippen molar-refractivity contribution in [2.45, 2.75) is 52.0 Å². The zero-order valence-corrected chi connectivity index (χ0v) is 7.84. The number of nitrogens with two attached hydrogens (primary N) is 1. The molecule has 1 nitrogen and oxygen atoms in total. The second-order valence-electron chi connectivity index (χ2n) is 4.14. The Balaban J connectivity index is 2.23. The fraction of sp³-hybridized carbons (Fsp3) is 1.00. The predicted molar refractivity (Wildman–Crippen MR) is 49.4 cm³/mol. The molecule has 0 aromatic rings. The van der Waals surface area contributed by atoms with Gasteiger partial charge < -0.3 is 5.73 Å². The number of hydrogen-bond donors (Lipinski definition) is 1. The molecule has 1 heteroatoms. The second kappa shape index (κ2) is 4.10. The van der Waals surface area contributed by atoms with Gasteiger partial charge in [-0.2, -0.15) is 0 Å². The van der Waals surface area contributed by atoms with Crippen LogP contribution in [-0.4, -0.2) is 6.04 Å². The molecule has 0 aromatic heterocycles. The van der Waals surface area contributed by atoms with E-state index in [1.165, 1.54) is 32.1 Å². The van der Waals surface area contributed by atoms with Crippen LogP contribution >= 0.6 is 0 Å². The Labute approximate surface area is 70.4 Å². The molecule has 1 rings (SSSR count). The SMILES string of the molecule is CCCCC1CC(C)CC1N. The molecule has 3 atom stereocenters. The van der Waals surface area contributed by atoms with Crippen LogP contribution in [0, 0.1) is 11.8 Å². The largest absolute Gasteiger partial charge is 0.327 e. The van der Waals surface area contributed by atoms with Crippen molar-refractivity contribution in [3.63, 3.8) is 0 Å². The van der Waals surface area contributed by atoms with Gasteiger partial charge in [0.25, 0.3) is 0 Å². The maximum Gasteiger partial charge on any atom is 0.00698 e. The maximum absolute atomic E-state index is 6.01.